The van der Waals surface area contributed by atoms with Crippen molar-refractivity contribution in [3.8, 4) is 5.75 Å². The van der Waals surface area contributed by atoms with Gasteiger partial charge in [-0.05, 0) is 66.2 Å². The molecule has 2 rings (SSSR count). The van der Waals surface area contributed by atoms with Gasteiger partial charge in [-0.3, -0.25) is 4.79 Å². The first-order chi connectivity index (χ1) is 9.88. The number of ether oxygens (including phenoxy) is 1. The quantitative estimate of drug-likeness (QED) is 0.887. The molecule has 0 saturated carbocycles. The number of hydrogen-bond donors (Lipinski definition) is 1. The van der Waals surface area contributed by atoms with Gasteiger partial charge in [-0.1, -0.05) is 12.1 Å². The third-order valence-corrected chi connectivity index (χ3v) is 3.55. The van der Waals surface area contributed by atoms with Crippen molar-refractivity contribution in [2.24, 2.45) is 0 Å². The molecule has 1 amide bonds. The molecule has 0 unspecified atom stereocenters. The third kappa shape index (κ3) is 4.04. The molecular weight excluding hydrogens is 337 g/mol. The molecule has 0 spiro atoms. The van der Waals surface area contributed by atoms with Crippen molar-refractivity contribution < 1.29 is 13.9 Å². The van der Waals surface area contributed by atoms with E-state index < -0.39 is 5.60 Å². The van der Waals surface area contributed by atoms with Crippen molar-refractivity contribution in [3.05, 3.63) is 58.8 Å². The highest BCUT2D eigenvalue weighted by Crippen LogP contribution is 2.24. The number of amides is 1. The zero-order valence-electron chi connectivity index (χ0n) is 11.7. The molecule has 2 aromatic carbocycles. The lowest BCUT2D eigenvalue weighted by molar-refractivity contribution is -0.128. The highest BCUT2D eigenvalue weighted by atomic mass is 79.9. The summed E-state index contributed by atoms with van der Waals surface area (Å²) in [6.45, 7) is 3.31. The number of anilines is 1. The molecule has 1 N–H and O–H groups in total. The number of para-hydroxylation sites is 1. The second-order valence-electron chi connectivity index (χ2n) is 5.00. The summed E-state index contributed by atoms with van der Waals surface area (Å²) in [7, 11) is 0. The van der Waals surface area contributed by atoms with Gasteiger partial charge in [0.25, 0.3) is 5.91 Å². The van der Waals surface area contributed by atoms with Crippen LogP contribution in [-0.2, 0) is 4.79 Å². The average Bonchev–Trinajstić information content (AvgIpc) is 2.43. The fourth-order valence-electron chi connectivity index (χ4n) is 1.68. The summed E-state index contributed by atoms with van der Waals surface area (Å²) >= 11 is 3.37. The number of benzene rings is 2. The molecular formula is C16H15BrFNO2. The average molecular weight is 352 g/mol. The van der Waals surface area contributed by atoms with E-state index in [1.165, 1.54) is 24.3 Å². The first-order valence-electron chi connectivity index (χ1n) is 6.39. The Bertz CT molecular complexity index is 641. The van der Waals surface area contributed by atoms with Crippen LogP contribution in [0.15, 0.2) is 53.0 Å². The van der Waals surface area contributed by atoms with E-state index in [0.29, 0.717) is 11.4 Å². The van der Waals surface area contributed by atoms with Crippen LogP contribution >= 0.6 is 15.9 Å². The first kappa shape index (κ1) is 15.5. The van der Waals surface area contributed by atoms with Crippen LogP contribution in [0, 0.1) is 5.82 Å². The van der Waals surface area contributed by atoms with Crippen molar-refractivity contribution in [1.29, 1.82) is 0 Å². The Morgan fingerprint density at radius 3 is 2.38 bits per heavy atom. The maximum Gasteiger partial charge on any atom is 0.268 e. The molecule has 3 nitrogen and oxygen atoms in total. The highest BCUT2D eigenvalue weighted by molar-refractivity contribution is 9.10. The summed E-state index contributed by atoms with van der Waals surface area (Å²) in [6.07, 6.45) is 0. The van der Waals surface area contributed by atoms with E-state index >= 15 is 0 Å². The van der Waals surface area contributed by atoms with E-state index in [2.05, 4.69) is 21.2 Å². The normalized spacial score (nSPS) is 11.0. The van der Waals surface area contributed by atoms with Crippen LogP contribution in [0.5, 0.6) is 5.75 Å². The Balaban J connectivity index is 2.10. The predicted octanol–water partition coefficient (Wildman–Crippen LogP) is 4.38. The lowest BCUT2D eigenvalue weighted by Gasteiger charge is -2.25. The Kier molecular flexibility index (Phi) is 4.63. The summed E-state index contributed by atoms with van der Waals surface area (Å²) in [5.41, 5.74) is -0.425. The van der Waals surface area contributed by atoms with Gasteiger partial charge in [0.15, 0.2) is 5.60 Å². The lowest BCUT2D eigenvalue weighted by atomic mass is 10.1. The van der Waals surface area contributed by atoms with Crippen molar-refractivity contribution in [1.82, 2.24) is 0 Å². The van der Waals surface area contributed by atoms with Crippen molar-refractivity contribution >= 4 is 27.5 Å². The Morgan fingerprint density at radius 1 is 1.14 bits per heavy atom. The molecule has 0 atom stereocenters. The van der Waals surface area contributed by atoms with Gasteiger partial charge < -0.3 is 10.1 Å². The Hall–Kier alpha value is -1.88. The second kappa shape index (κ2) is 6.26. The maximum absolute atomic E-state index is 12.9. The number of rotatable bonds is 4. The van der Waals surface area contributed by atoms with Gasteiger partial charge >= 0.3 is 0 Å². The number of carbonyl (C=O) groups excluding carboxylic acids is 1. The van der Waals surface area contributed by atoms with E-state index in [1.54, 1.807) is 19.9 Å². The van der Waals surface area contributed by atoms with Gasteiger partial charge in [-0.25, -0.2) is 4.39 Å². The summed E-state index contributed by atoms with van der Waals surface area (Å²) < 4.78 is 19.3. The van der Waals surface area contributed by atoms with E-state index in [0.717, 1.165) is 4.47 Å². The molecule has 0 aliphatic carbocycles. The van der Waals surface area contributed by atoms with Gasteiger partial charge in [-0.15, -0.1) is 0 Å². The van der Waals surface area contributed by atoms with Crippen LogP contribution in [0.1, 0.15) is 13.8 Å². The monoisotopic (exact) mass is 351 g/mol. The highest BCUT2D eigenvalue weighted by Gasteiger charge is 2.30. The van der Waals surface area contributed by atoms with Gasteiger partial charge in [-0.2, -0.15) is 0 Å². The Morgan fingerprint density at radius 2 is 1.76 bits per heavy atom. The largest absolute Gasteiger partial charge is 0.478 e. The third-order valence-electron chi connectivity index (χ3n) is 2.86. The maximum atomic E-state index is 12.9. The van der Waals surface area contributed by atoms with E-state index in [1.807, 2.05) is 18.2 Å². The minimum Gasteiger partial charge on any atom is -0.478 e. The molecule has 0 radical (unpaired) electrons. The van der Waals surface area contributed by atoms with Crippen LogP contribution in [0.4, 0.5) is 10.1 Å². The minimum absolute atomic E-state index is 0.293. The van der Waals surface area contributed by atoms with Crippen LogP contribution in [-0.4, -0.2) is 11.5 Å². The fourth-order valence-corrected chi connectivity index (χ4v) is 2.06. The van der Waals surface area contributed by atoms with Crippen molar-refractivity contribution in [2.75, 3.05) is 5.32 Å². The van der Waals surface area contributed by atoms with Crippen LogP contribution in [0.2, 0.25) is 0 Å². The van der Waals surface area contributed by atoms with Gasteiger partial charge in [0.2, 0.25) is 0 Å². The molecule has 0 fully saturated rings. The molecule has 21 heavy (non-hydrogen) atoms. The van der Waals surface area contributed by atoms with Crippen LogP contribution < -0.4 is 10.1 Å². The van der Waals surface area contributed by atoms with Gasteiger partial charge in [0.1, 0.15) is 11.6 Å². The van der Waals surface area contributed by atoms with E-state index in [-0.39, 0.29) is 11.7 Å². The second-order valence-corrected chi connectivity index (χ2v) is 5.85. The van der Waals surface area contributed by atoms with Crippen LogP contribution in [0.25, 0.3) is 0 Å². The smallest absolute Gasteiger partial charge is 0.268 e. The summed E-state index contributed by atoms with van der Waals surface area (Å²) in [4.78, 5) is 12.3. The molecule has 0 saturated heterocycles. The number of hydrogen-bond acceptors (Lipinski definition) is 2. The summed E-state index contributed by atoms with van der Waals surface area (Å²) in [5, 5.41) is 2.80. The Labute approximate surface area is 131 Å². The minimum atomic E-state index is -1.09. The number of nitrogens with one attached hydrogen (secondary N) is 1. The molecule has 2 aromatic rings. The first-order valence-corrected chi connectivity index (χ1v) is 7.18. The van der Waals surface area contributed by atoms with Crippen molar-refractivity contribution in [3.63, 3.8) is 0 Å². The van der Waals surface area contributed by atoms with Gasteiger partial charge in [0, 0.05) is 4.47 Å². The van der Waals surface area contributed by atoms with Crippen molar-refractivity contribution in [2.45, 2.75) is 19.4 Å². The SMILES string of the molecule is CC(C)(Oc1ccc(F)cc1)C(=O)Nc1ccccc1Br. The molecule has 0 aromatic heterocycles. The molecule has 0 aliphatic rings. The summed E-state index contributed by atoms with van der Waals surface area (Å²) in [5.74, 6) is -0.208. The molecule has 0 heterocycles. The molecule has 110 valence electrons. The topological polar surface area (TPSA) is 38.3 Å². The summed E-state index contributed by atoms with van der Waals surface area (Å²) in [6, 6.07) is 12.9. The lowest BCUT2D eigenvalue weighted by Crippen LogP contribution is -2.42. The van der Waals surface area contributed by atoms with E-state index in [4.69, 9.17) is 4.74 Å². The number of carbonyl (C=O) groups is 1. The van der Waals surface area contributed by atoms with Crippen LogP contribution in [0.3, 0.4) is 0 Å². The standard InChI is InChI=1S/C16H15BrFNO2/c1-16(2,21-12-9-7-11(18)8-10-12)15(20)19-14-6-4-3-5-13(14)17/h3-10H,1-2H3,(H,19,20). The predicted molar refractivity (Wildman–Crippen MR) is 83.9 cm³/mol. The molecule has 5 heteroatoms. The molecule has 0 bridgehead atoms. The zero-order chi connectivity index (χ0) is 15.5. The fraction of sp³-hybridized carbons (Fsp3) is 0.188. The van der Waals surface area contributed by atoms with E-state index in [9.17, 15) is 9.18 Å². The number of halogens is 2. The molecule has 0 aliphatic heterocycles. The van der Waals surface area contributed by atoms with Gasteiger partial charge in [0.05, 0.1) is 5.69 Å². The zero-order valence-corrected chi connectivity index (χ0v) is 13.3.